The lowest BCUT2D eigenvalue weighted by atomic mass is 10.2. The van der Waals surface area contributed by atoms with Crippen LogP contribution in [0.15, 0.2) is 11.7 Å². The summed E-state index contributed by atoms with van der Waals surface area (Å²) in [7, 11) is 0. The zero-order valence-electron chi connectivity index (χ0n) is 9.47. The normalized spacial score (nSPS) is 20.0. The van der Waals surface area contributed by atoms with E-state index in [0.717, 1.165) is 22.2 Å². The SMILES string of the molecule is N[C@H]1CCN(Cc2csc3c(Cl)ncnc23)C1=O. The van der Waals surface area contributed by atoms with Crippen molar-refractivity contribution in [2.75, 3.05) is 6.54 Å². The molecule has 0 unspecified atom stereocenters. The number of aromatic nitrogens is 2. The highest BCUT2D eigenvalue weighted by molar-refractivity contribution is 7.18. The van der Waals surface area contributed by atoms with Crippen LogP contribution in [0.25, 0.3) is 10.2 Å². The molecule has 1 amide bonds. The van der Waals surface area contributed by atoms with Crippen LogP contribution in [-0.2, 0) is 11.3 Å². The monoisotopic (exact) mass is 282 g/mol. The average molecular weight is 283 g/mol. The molecule has 18 heavy (non-hydrogen) atoms. The van der Waals surface area contributed by atoms with Crippen LogP contribution >= 0.6 is 22.9 Å². The number of halogens is 1. The third-order valence-corrected chi connectivity index (χ3v) is 4.51. The lowest BCUT2D eigenvalue weighted by Gasteiger charge is -2.14. The van der Waals surface area contributed by atoms with E-state index in [1.54, 1.807) is 4.90 Å². The fraction of sp³-hybridized carbons (Fsp3) is 0.364. The van der Waals surface area contributed by atoms with Gasteiger partial charge in [-0.3, -0.25) is 4.79 Å². The number of likely N-dealkylation sites (tertiary alicyclic amines) is 1. The first kappa shape index (κ1) is 11.8. The van der Waals surface area contributed by atoms with Gasteiger partial charge in [0.2, 0.25) is 5.91 Å². The number of fused-ring (bicyclic) bond motifs is 1. The highest BCUT2D eigenvalue weighted by Gasteiger charge is 2.29. The van der Waals surface area contributed by atoms with Crippen LogP contribution in [0, 0.1) is 0 Å². The number of nitrogens with two attached hydrogens (primary N) is 1. The Morgan fingerprint density at radius 2 is 2.39 bits per heavy atom. The molecule has 1 fully saturated rings. The summed E-state index contributed by atoms with van der Waals surface area (Å²) < 4.78 is 0.866. The zero-order chi connectivity index (χ0) is 12.7. The van der Waals surface area contributed by atoms with Gasteiger partial charge in [0.05, 0.1) is 16.3 Å². The first-order valence-corrected chi connectivity index (χ1v) is 6.83. The molecule has 0 aromatic carbocycles. The summed E-state index contributed by atoms with van der Waals surface area (Å²) in [6.45, 7) is 1.25. The largest absolute Gasteiger partial charge is 0.337 e. The summed E-state index contributed by atoms with van der Waals surface area (Å²) in [5.41, 5.74) is 7.53. The Bertz CT molecular complexity index is 614. The Balaban J connectivity index is 1.92. The fourth-order valence-electron chi connectivity index (χ4n) is 2.11. The molecular formula is C11H11ClN4OS. The molecule has 7 heteroatoms. The minimum atomic E-state index is -0.354. The maximum absolute atomic E-state index is 11.8. The first-order valence-electron chi connectivity index (χ1n) is 5.58. The van der Waals surface area contributed by atoms with Crippen molar-refractivity contribution in [3.8, 4) is 0 Å². The number of hydrogen-bond donors (Lipinski definition) is 1. The van der Waals surface area contributed by atoms with Gasteiger partial charge in [-0.15, -0.1) is 11.3 Å². The number of hydrogen-bond acceptors (Lipinski definition) is 5. The first-order chi connectivity index (χ1) is 8.66. The Labute approximate surface area is 113 Å². The summed E-state index contributed by atoms with van der Waals surface area (Å²) >= 11 is 7.50. The molecule has 3 rings (SSSR count). The van der Waals surface area contributed by atoms with Crippen molar-refractivity contribution >= 4 is 39.1 Å². The van der Waals surface area contributed by atoms with Gasteiger partial charge in [-0.25, -0.2) is 9.97 Å². The van der Waals surface area contributed by atoms with E-state index in [4.69, 9.17) is 17.3 Å². The van der Waals surface area contributed by atoms with Gasteiger partial charge >= 0.3 is 0 Å². The molecule has 5 nitrogen and oxygen atoms in total. The summed E-state index contributed by atoms with van der Waals surface area (Å²) in [6, 6.07) is -0.354. The van der Waals surface area contributed by atoms with E-state index >= 15 is 0 Å². The number of thiophene rings is 1. The van der Waals surface area contributed by atoms with Gasteiger partial charge in [0.25, 0.3) is 0 Å². The van der Waals surface area contributed by atoms with Crippen LogP contribution < -0.4 is 5.73 Å². The van der Waals surface area contributed by atoms with Crippen molar-refractivity contribution < 1.29 is 4.79 Å². The minimum Gasteiger partial charge on any atom is -0.337 e. The van der Waals surface area contributed by atoms with E-state index in [-0.39, 0.29) is 11.9 Å². The second-order valence-electron chi connectivity index (χ2n) is 4.26. The van der Waals surface area contributed by atoms with Gasteiger partial charge < -0.3 is 10.6 Å². The summed E-state index contributed by atoms with van der Waals surface area (Å²) in [5.74, 6) is 0.00880. The number of carbonyl (C=O) groups is 1. The van der Waals surface area contributed by atoms with E-state index in [1.807, 2.05) is 5.38 Å². The van der Waals surface area contributed by atoms with Crippen molar-refractivity contribution in [1.82, 2.24) is 14.9 Å². The predicted molar refractivity (Wildman–Crippen MR) is 70.4 cm³/mol. The summed E-state index contributed by atoms with van der Waals surface area (Å²) in [5, 5.41) is 2.43. The Morgan fingerprint density at radius 3 is 3.11 bits per heavy atom. The number of carbonyl (C=O) groups excluding carboxylic acids is 1. The third-order valence-electron chi connectivity index (χ3n) is 3.08. The molecule has 0 bridgehead atoms. The Hall–Kier alpha value is -1.24. The lowest BCUT2D eigenvalue weighted by Crippen LogP contribution is -2.33. The Kier molecular flexibility index (Phi) is 2.93. The standard InChI is InChI=1S/C11H11ClN4OS/c12-10-9-8(14-5-15-10)6(4-18-9)3-16-2-1-7(13)11(16)17/h4-5,7H,1-3,13H2/t7-/m0/s1. The summed E-state index contributed by atoms with van der Waals surface area (Å²) in [6.07, 6.45) is 2.16. The van der Waals surface area contributed by atoms with Gasteiger partial charge in [0.15, 0.2) is 0 Å². The molecule has 2 N–H and O–H groups in total. The number of nitrogens with zero attached hydrogens (tertiary/aromatic N) is 3. The van der Waals surface area contributed by atoms with Crippen molar-refractivity contribution in [3.05, 3.63) is 22.4 Å². The van der Waals surface area contributed by atoms with Gasteiger partial charge in [-0.1, -0.05) is 11.6 Å². The van der Waals surface area contributed by atoms with Gasteiger partial charge in [0.1, 0.15) is 11.5 Å². The quantitative estimate of drug-likeness (QED) is 0.845. The van der Waals surface area contributed by atoms with Crippen molar-refractivity contribution in [2.45, 2.75) is 19.0 Å². The average Bonchev–Trinajstić information content (AvgIpc) is 2.90. The molecular weight excluding hydrogens is 272 g/mol. The smallest absolute Gasteiger partial charge is 0.239 e. The predicted octanol–water partition coefficient (Wildman–Crippen LogP) is 1.40. The second-order valence-corrected chi connectivity index (χ2v) is 5.50. The van der Waals surface area contributed by atoms with Crippen molar-refractivity contribution in [3.63, 3.8) is 0 Å². The molecule has 3 heterocycles. The fourth-order valence-corrected chi connectivity index (χ4v) is 3.27. The molecule has 1 saturated heterocycles. The molecule has 1 atom stereocenters. The van der Waals surface area contributed by atoms with Crippen molar-refractivity contribution in [2.24, 2.45) is 5.73 Å². The van der Waals surface area contributed by atoms with E-state index in [2.05, 4.69) is 9.97 Å². The zero-order valence-corrected chi connectivity index (χ0v) is 11.0. The van der Waals surface area contributed by atoms with Crippen LogP contribution in [0.1, 0.15) is 12.0 Å². The van der Waals surface area contributed by atoms with Crippen molar-refractivity contribution in [1.29, 1.82) is 0 Å². The van der Waals surface area contributed by atoms with E-state index in [0.29, 0.717) is 18.2 Å². The van der Waals surface area contributed by atoms with Crippen LogP contribution in [0.3, 0.4) is 0 Å². The molecule has 1 aliphatic rings. The van der Waals surface area contributed by atoms with Crippen LogP contribution in [0.2, 0.25) is 5.15 Å². The van der Waals surface area contributed by atoms with E-state index < -0.39 is 0 Å². The van der Waals surface area contributed by atoms with E-state index in [9.17, 15) is 4.79 Å². The molecule has 2 aromatic heterocycles. The van der Waals surface area contributed by atoms with Gasteiger partial charge in [-0.2, -0.15) is 0 Å². The minimum absolute atomic E-state index is 0.00880. The highest BCUT2D eigenvalue weighted by Crippen LogP contribution is 2.30. The molecule has 0 aliphatic carbocycles. The second kappa shape index (κ2) is 4.46. The highest BCUT2D eigenvalue weighted by atomic mass is 35.5. The third kappa shape index (κ3) is 1.86. The maximum Gasteiger partial charge on any atom is 0.239 e. The molecule has 94 valence electrons. The Morgan fingerprint density at radius 1 is 1.56 bits per heavy atom. The molecule has 0 spiro atoms. The number of rotatable bonds is 2. The lowest BCUT2D eigenvalue weighted by molar-refractivity contribution is -0.129. The van der Waals surface area contributed by atoms with Gasteiger partial charge in [-0.05, 0) is 11.8 Å². The maximum atomic E-state index is 11.8. The molecule has 0 saturated carbocycles. The van der Waals surface area contributed by atoms with Crippen LogP contribution in [-0.4, -0.2) is 33.4 Å². The summed E-state index contributed by atoms with van der Waals surface area (Å²) in [4.78, 5) is 21.7. The number of amides is 1. The molecule has 0 radical (unpaired) electrons. The van der Waals surface area contributed by atoms with E-state index in [1.165, 1.54) is 17.7 Å². The molecule has 1 aliphatic heterocycles. The van der Waals surface area contributed by atoms with Gasteiger partial charge in [0, 0.05) is 18.7 Å². The van der Waals surface area contributed by atoms with Crippen LogP contribution in [0.5, 0.6) is 0 Å². The van der Waals surface area contributed by atoms with Crippen LogP contribution in [0.4, 0.5) is 0 Å². The topological polar surface area (TPSA) is 72.1 Å². The molecule has 2 aromatic rings.